The van der Waals surface area contributed by atoms with Gasteiger partial charge in [-0.3, -0.25) is 15.0 Å². The number of alkyl halides is 2. The Labute approximate surface area is 134 Å². The van der Waals surface area contributed by atoms with Crippen LogP contribution < -0.4 is 4.74 Å². The molecule has 122 valence electrons. The van der Waals surface area contributed by atoms with Crippen molar-refractivity contribution in [2.45, 2.75) is 25.2 Å². The average Bonchev–Trinajstić information content (AvgIpc) is 2.46. The topological polar surface area (TPSA) is 68.5 Å². The van der Waals surface area contributed by atoms with Gasteiger partial charge in [0.1, 0.15) is 0 Å². The number of nitrogens with zero attached hydrogens (tertiary/aromatic N) is 3. The zero-order chi connectivity index (χ0) is 16.2. The molecule has 1 aliphatic heterocycles. The first kappa shape index (κ1) is 17.0. The third-order valence-corrected chi connectivity index (χ3v) is 3.75. The second kappa shape index (κ2) is 7.28. The van der Waals surface area contributed by atoms with Gasteiger partial charge >= 0.3 is 5.69 Å². The van der Waals surface area contributed by atoms with Crippen molar-refractivity contribution in [1.82, 2.24) is 9.88 Å². The van der Waals surface area contributed by atoms with Crippen molar-refractivity contribution in [3.05, 3.63) is 26.9 Å². The van der Waals surface area contributed by atoms with Gasteiger partial charge < -0.3 is 4.74 Å². The molecule has 6 nitrogen and oxygen atoms in total. The maximum absolute atomic E-state index is 13.9. The van der Waals surface area contributed by atoms with Crippen LogP contribution >= 0.6 is 15.9 Å². The number of nitro groups is 1. The zero-order valence-corrected chi connectivity index (χ0v) is 13.4. The van der Waals surface area contributed by atoms with E-state index in [2.05, 4.69) is 20.9 Å². The molecule has 0 atom stereocenters. The molecule has 0 unspecified atom stereocenters. The number of piperidine rings is 1. The molecular formula is C13H16BrF2N3O3. The molecule has 0 radical (unpaired) electrons. The van der Waals surface area contributed by atoms with Crippen molar-refractivity contribution in [2.24, 2.45) is 0 Å². The fraction of sp³-hybridized carbons (Fsp3) is 0.615. The van der Waals surface area contributed by atoms with Crippen molar-refractivity contribution in [1.29, 1.82) is 0 Å². The number of rotatable bonds is 6. The molecule has 1 aromatic rings. The lowest BCUT2D eigenvalue weighted by molar-refractivity contribution is -0.386. The number of aromatic nitrogens is 1. The minimum Gasteiger partial charge on any atom is -0.466 e. The second-order valence-corrected chi connectivity index (χ2v) is 6.13. The third kappa shape index (κ3) is 4.84. The number of pyridine rings is 1. The van der Waals surface area contributed by atoms with Crippen LogP contribution in [0.4, 0.5) is 14.5 Å². The van der Waals surface area contributed by atoms with E-state index in [1.165, 1.54) is 12.3 Å². The van der Waals surface area contributed by atoms with Crippen molar-refractivity contribution in [3.8, 4) is 5.88 Å². The van der Waals surface area contributed by atoms with Gasteiger partial charge in [-0.1, -0.05) is 6.42 Å². The van der Waals surface area contributed by atoms with Crippen LogP contribution in [0.25, 0.3) is 0 Å². The van der Waals surface area contributed by atoms with E-state index in [-0.39, 0.29) is 0 Å². The summed E-state index contributed by atoms with van der Waals surface area (Å²) < 4.78 is 33.2. The zero-order valence-electron chi connectivity index (χ0n) is 11.8. The smallest absolute Gasteiger partial charge is 0.332 e. The van der Waals surface area contributed by atoms with Crippen molar-refractivity contribution in [2.75, 3.05) is 26.2 Å². The van der Waals surface area contributed by atoms with Crippen LogP contribution in [0, 0.1) is 10.1 Å². The Morgan fingerprint density at radius 1 is 1.41 bits per heavy atom. The Hall–Kier alpha value is -1.35. The van der Waals surface area contributed by atoms with Gasteiger partial charge in [0.05, 0.1) is 11.5 Å². The van der Waals surface area contributed by atoms with Gasteiger partial charge in [0, 0.05) is 16.7 Å². The Morgan fingerprint density at radius 3 is 2.73 bits per heavy atom. The van der Waals surface area contributed by atoms with Crippen LogP contribution in [0.2, 0.25) is 0 Å². The standard InChI is InChI=1S/C13H16BrF2N3O3/c14-10-6-11(19(20)21)12(17-7-10)22-9-13(15,16)8-18-4-2-1-3-5-18/h6-7H,1-5,8-9H2. The summed E-state index contributed by atoms with van der Waals surface area (Å²) in [6.45, 7) is -0.0468. The number of likely N-dealkylation sites (tertiary alicyclic amines) is 1. The molecule has 0 saturated carbocycles. The Kier molecular flexibility index (Phi) is 5.63. The lowest BCUT2D eigenvalue weighted by atomic mass is 10.1. The van der Waals surface area contributed by atoms with Gasteiger partial charge in [-0.25, -0.2) is 13.8 Å². The van der Waals surface area contributed by atoms with Crippen LogP contribution in [0.5, 0.6) is 5.88 Å². The SMILES string of the molecule is O=[N+]([O-])c1cc(Br)cnc1OCC(F)(F)CN1CCCCC1. The lowest BCUT2D eigenvalue weighted by Crippen LogP contribution is -2.43. The Balaban J connectivity index is 1.97. The minimum absolute atomic E-state index is 0.381. The predicted molar refractivity (Wildman–Crippen MR) is 79.3 cm³/mol. The summed E-state index contributed by atoms with van der Waals surface area (Å²) >= 11 is 3.04. The van der Waals surface area contributed by atoms with Crippen LogP contribution in [-0.4, -0.2) is 47.0 Å². The number of ether oxygens (including phenoxy) is 1. The lowest BCUT2D eigenvalue weighted by Gasteiger charge is -2.29. The molecule has 0 spiro atoms. The minimum atomic E-state index is -3.08. The van der Waals surface area contributed by atoms with Crippen molar-refractivity contribution in [3.63, 3.8) is 0 Å². The van der Waals surface area contributed by atoms with Crippen LogP contribution in [0.1, 0.15) is 19.3 Å². The first-order valence-corrected chi connectivity index (χ1v) is 7.70. The average molecular weight is 380 g/mol. The maximum Gasteiger partial charge on any atom is 0.332 e. The summed E-state index contributed by atoms with van der Waals surface area (Å²) in [5, 5.41) is 10.9. The summed E-state index contributed by atoms with van der Waals surface area (Å²) in [6, 6.07) is 1.17. The Morgan fingerprint density at radius 2 is 2.09 bits per heavy atom. The number of hydrogen-bond donors (Lipinski definition) is 0. The quantitative estimate of drug-likeness (QED) is 0.560. The van der Waals surface area contributed by atoms with Crippen LogP contribution in [0.3, 0.4) is 0 Å². The van der Waals surface area contributed by atoms with Crippen LogP contribution in [0.15, 0.2) is 16.7 Å². The first-order valence-electron chi connectivity index (χ1n) is 6.90. The summed E-state index contributed by atoms with van der Waals surface area (Å²) in [7, 11) is 0. The van der Waals surface area contributed by atoms with E-state index in [1.807, 2.05) is 0 Å². The largest absolute Gasteiger partial charge is 0.466 e. The predicted octanol–water partition coefficient (Wildman–Crippen LogP) is 3.25. The third-order valence-electron chi connectivity index (χ3n) is 3.32. The van der Waals surface area contributed by atoms with Gasteiger partial charge in [-0.05, 0) is 41.9 Å². The number of halogens is 3. The summed E-state index contributed by atoms with van der Waals surface area (Å²) in [4.78, 5) is 15.6. The molecule has 0 N–H and O–H groups in total. The van der Waals surface area contributed by atoms with E-state index in [9.17, 15) is 18.9 Å². The molecule has 1 saturated heterocycles. The van der Waals surface area contributed by atoms with E-state index >= 15 is 0 Å². The molecule has 9 heteroatoms. The van der Waals surface area contributed by atoms with Gasteiger partial charge in [0.25, 0.3) is 11.8 Å². The summed E-state index contributed by atoms with van der Waals surface area (Å²) in [5.41, 5.74) is -0.442. The molecule has 0 bridgehead atoms. The molecule has 2 heterocycles. The Bertz CT molecular complexity index is 539. The normalized spacial score (nSPS) is 16.5. The van der Waals surface area contributed by atoms with E-state index in [4.69, 9.17) is 4.74 Å². The number of hydrogen-bond acceptors (Lipinski definition) is 5. The van der Waals surface area contributed by atoms with Crippen LogP contribution in [-0.2, 0) is 0 Å². The highest BCUT2D eigenvalue weighted by atomic mass is 79.9. The maximum atomic E-state index is 13.9. The summed E-state index contributed by atoms with van der Waals surface area (Å²) in [5.74, 6) is -3.48. The highest BCUT2D eigenvalue weighted by Gasteiger charge is 2.34. The summed E-state index contributed by atoms with van der Waals surface area (Å²) in [6.07, 6.45) is 4.16. The van der Waals surface area contributed by atoms with E-state index in [1.54, 1.807) is 4.90 Å². The van der Waals surface area contributed by atoms with Crippen molar-refractivity contribution >= 4 is 21.6 Å². The van der Waals surface area contributed by atoms with E-state index in [0.29, 0.717) is 17.6 Å². The molecule has 2 rings (SSSR count). The highest BCUT2D eigenvalue weighted by molar-refractivity contribution is 9.10. The molecule has 0 amide bonds. The monoisotopic (exact) mass is 379 g/mol. The van der Waals surface area contributed by atoms with E-state index < -0.39 is 35.6 Å². The van der Waals surface area contributed by atoms with Crippen molar-refractivity contribution < 1.29 is 18.4 Å². The molecular weight excluding hydrogens is 364 g/mol. The molecule has 22 heavy (non-hydrogen) atoms. The van der Waals surface area contributed by atoms with Gasteiger partial charge in [0.2, 0.25) is 0 Å². The van der Waals surface area contributed by atoms with Gasteiger partial charge in [-0.15, -0.1) is 0 Å². The van der Waals surface area contributed by atoms with Gasteiger partial charge in [-0.2, -0.15) is 0 Å². The molecule has 0 aliphatic carbocycles. The molecule has 1 aromatic heterocycles. The second-order valence-electron chi connectivity index (χ2n) is 5.22. The fourth-order valence-electron chi connectivity index (χ4n) is 2.32. The fourth-order valence-corrected chi connectivity index (χ4v) is 2.64. The van der Waals surface area contributed by atoms with Gasteiger partial charge in [0.15, 0.2) is 6.61 Å². The molecule has 0 aromatic carbocycles. The molecule has 1 aliphatic rings. The molecule has 1 fully saturated rings. The first-order chi connectivity index (χ1) is 10.4. The van der Waals surface area contributed by atoms with E-state index in [0.717, 1.165) is 19.3 Å². The highest BCUT2D eigenvalue weighted by Crippen LogP contribution is 2.29.